The molecule has 1 heteroatoms. The minimum Gasteiger partial charge on any atom is -0.134 e. The molecule has 0 aromatic rings. The Hall–Kier alpha value is 0.430. The van der Waals surface area contributed by atoms with Crippen molar-refractivity contribution in [1.29, 1.82) is 0 Å². The van der Waals surface area contributed by atoms with Gasteiger partial charge in [-0.2, -0.15) is 0 Å². The van der Waals surface area contributed by atoms with Gasteiger partial charge in [0.1, 0.15) is 0 Å². The number of hydrogen-bond donors (Lipinski definition) is 0. The number of hydrogen-bond acceptors (Lipinski definition) is 0. The summed E-state index contributed by atoms with van der Waals surface area (Å²) in [5, 5.41) is 0. The molecule has 0 aromatic carbocycles. The molecular formula is C5H11P. The molecule has 0 aromatic heterocycles. The molecule has 6 heavy (non-hydrogen) atoms. The van der Waals surface area contributed by atoms with Crippen LogP contribution in [0.1, 0.15) is 19.8 Å². The van der Waals surface area contributed by atoms with Crippen molar-refractivity contribution in [2.75, 3.05) is 0 Å². The molecule has 0 amide bonds. The first kappa shape index (κ1) is 4.59. The van der Waals surface area contributed by atoms with Crippen LogP contribution in [-0.2, 0) is 0 Å². The van der Waals surface area contributed by atoms with Gasteiger partial charge in [-0.05, 0) is 18.0 Å². The highest BCUT2D eigenvalue weighted by atomic mass is 31.0. The standard InChI is InChI=1S/C5H11P/c1-2-4-3-5(4)6/h4-5H,2-3,6H2,1H3. The summed E-state index contributed by atoms with van der Waals surface area (Å²) in [7, 11) is 2.85. The Morgan fingerprint density at radius 3 is 2.33 bits per heavy atom. The fourth-order valence-corrected chi connectivity index (χ4v) is 1.36. The Labute approximate surface area is 41.5 Å². The summed E-state index contributed by atoms with van der Waals surface area (Å²) in [6, 6.07) is 0. The zero-order chi connectivity index (χ0) is 4.57. The van der Waals surface area contributed by atoms with E-state index in [2.05, 4.69) is 16.2 Å². The third-order valence-electron chi connectivity index (χ3n) is 1.50. The van der Waals surface area contributed by atoms with Gasteiger partial charge in [0.05, 0.1) is 0 Å². The van der Waals surface area contributed by atoms with E-state index in [1.165, 1.54) is 12.8 Å². The van der Waals surface area contributed by atoms with E-state index in [1.807, 2.05) is 0 Å². The lowest BCUT2D eigenvalue weighted by Gasteiger charge is -1.79. The first-order valence-corrected chi connectivity index (χ1v) is 3.27. The zero-order valence-corrected chi connectivity index (χ0v) is 5.30. The van der Waals surface area contributed by atoms with E-state index in [-0.39, 0.29) is 0 Å². The molecule has 0 aliphatic heterocycles. The van der Waals surface area contributed by atoms with E-state index in [9.17, 15) is 0 Å². The van der Waals surface area contributed by atoms with E-state index in [0.717, 1.165) is 11.6 Å². The Morgan fingerprint density at radius 1 is 1.83 bits per heavy atom. The highest BCUT2D eigenvalue weighted by Crippen LogP contribution is 2.39. The van der Waals surface area contributed by atoms with E-state index in [1.54, 1.807) is 0 Å². The summed E-state index contributed by atoms with van der Waals surface area (Å²) in [5.74, 6) is 1.06. The summed E-state index contributed by atoms with van der Waals surface area (Å²) in [6.07, 6.45) is 2.84. The lowest BCUT2D eigenvalue weighted by atomic mass is 10.3. The Kier molecular flexibility index (Phi) is 1.15. The van der Waals surface area contributed by atoms with Gasteiger partial charge >= 0.3 is 0 Å². The minimum atomic E-state index is 0.981. The molecule has 0 N–H and O–H groups in total. The molecule has 0 spiro atoms. The molecule has 1 aliphatic rings. The molecule has 36 valence electrons. The van der Waals surface area contributed by atoms with E-state index in [4.69, 9.17) is 0 Å². The molecule has 1 saturated carbocycles. The highest BCUT2D eigenvalue weighted by Gasteiger charge is 2.30. The maximum Gasteiger partial charge on any atom is -0.0233 e. The molecule has 3 unspecified atom stereocenters. The van der Waals surface area contributed by atoms with Crippen molar-refractivity contribution in [3.05, 3.63) is 0 Å². The molecule has 3 atom stereocenters. The van der Waals surface area contributed by atoms with Crippen LogP contribution in [-0.4, -0.2) is 5.66 Å². The van der Waals surface area contributed by atoms with Crippen LogP contribution in [0.15, 0.2) is 0 Å². The summed E-state index contributed by atoms with van der Waals surface area (Å²) >= 11 is 0. The van der Waals surface area contributed by atoms with Gasteiger partial charge in [-0.15, -0.1) is 9.24 Å². The zero-order valence-electron chi connectivity index (χ0n) is 4.15. The molecule has 0 heterocycles. The fourth-order valence-electron chi connectivity index (χ4n) is 0.740. The second-order valence-corrected chi connectivity index (χ2v) is 2.92. The Balaban J connectivity index is 2.09. The molecule has 0 radical (unpaired) electrons. The van der Waals surface area contributed by atoms with Gasteiger partial charge in [-0.25, -0.2) is 0 Å². The van der Waals surface area contributed by atoms with Gasteiger partial charge < -0.3 is 0 Å². The molecule has 1 fully saturated rings. The summed E-state index contributed by atoms with van der Waals surface area (Å²) in [5.41, 5.74) is 0.981. The van der Waals surface area contributed by atoms with E-state index >= 15 is 0 Å². The smallest absolute Gasteiger partial charge is 0.0233 e. The summed E-state index contributed by atoms with van der Waals surface area (Å²) in [4.78, 5) is 0. The molecule has 1 rings (SSSR count). The molecular weight excluding hydrogens is 91.0 g/mol. The summed E-state index contributed by atoms with van der Waals surface area (Å²) in [6.45, 7) is 2.26. The fraction of sp³-hybridized carbons (Fsp3) is 1.00. The Bertz CT molecular complexity index is 49.9. The van der Waals surface area contributed by atoms with Crippen molar-refractivity contribution in [3.8, 4) is 0 Å². The average molecular weight is 102 g/mol. The molecule has 0 nitrogen and oxygen atoms in total. The molecule has 1 aliphatic carbocycles. The first-order chi connectivity index (χ1) is 2.84. The van der Waals surface area contributed by atoms with Crippen LogP contribution in [0.2, 0.25) is 0 Å². The first-order valence-electron chi connectivity index (χ1n) is 2.60. The Morgan fingerprint density at radius 2 is 2.33 bits per heavy atom. The van der Waals surface area contributed by atoms with Gasteiger partial charge in [-0.1, -0.05) is 13.3 Å². The van der Waals surface area contributed by atoms with Gasteiger partial charge in [0.15, 0.2) is 0 Å². The highest BCUT2D eigenvalue weighted by molar-refractivity contribution is 7.18. The minimum absolute atomic E-state index is 0.981. The van der Waals surface area contributed by atoms with Gasteiger partial charge in [-0.3, -0.25) is 0 Å². The van der Waals surface area contributed by atoms with Crippen LogP contribution >= 0.6 is 9.24 Å². The van der Waals surface area contributed by atoms with Crippen molar-refractivity contribution in [3.63, 3.8) is 0 Å². The van der Waals surface area contributed by atoms with Crippen molar-refractivity contribution >= 4 is 9.24 Å². The van der Waals surface area contributed by atoms with Crippen LogP contribution in [0.4, 0.5) is 0 Å². The largest absolute Gasteiger partial charge is 0.134 e. The second kappa shape index (κ2) is 1.50. The predicted molar refractivity (Wildman–Crippen MR) is 31.9 cm³/mol. The monoisotopic (exact) mass is 102 g/mol. The summed E-state index contributed by atoms with van der Waals surface area (Å²) < 4.78 is 0. The lowest BCUT2D eigenvalue weighted by molar-refractivity contribution is 0.803. The quantitative estimate of drug-likeness (QED) is 0.442. The lowest BCUT2D eigenvalue weighted by Crippen LogP contribution is -1.69. The van der Waals surface area contributed by atoms with Crippen LogP contribution in [0.3, 0.4) is 0 Å². The molecule has 0 saturated heterocycles. The van der Waals surface area contributed by atoms with Crippen molar-refractivity contribution in [2.24, 2.45) is 5.92 Å². The third-order valence-corrected chi connectivity index (χ3v) is 2.32. The second-order valence-electron chi connectivity index (χ2n) is 2.07. The number of rotatable bonds is 1. The predicted octanol–water partition coefficient (Wildman–Crippen LogP) is 1.66. The maximum atomic E-state index is 2.85. The SMILES string of the molecule is CCC1CC1P. The normalized spacial score (nSPS) is 43.0. The average Bonchev–Trinajstić information content (AvgIpc) is 2.19. The van der Waals surface area contributed by atoms with Gasteiger partial charge in [0.25, 0.3) is 0 Å². The molecule has 0 bridgehead atoms. The van der Waals surface area contributed by atoms with Crippen LogP contribution < -0.4 is 0 Å². The van der Waals surface area contributed by atoms with Crippen molar-refractivity contribution in [2.45, 2.75) is 25.4 Å². The van der Waals surface area contributed by atoms with Crippen LogP contribution in [0.25, 0.3) is 0 Å². The topological polar surface area (TPSA) is 0 Å². The van der Waals surface area contributed by atoms with E-state index in [0.29, 0.717) is 0 Å². The van der Waals surface area contributed by atoms with Crippen LogP contribution in [0, 0.1) is 5.92 Å². The van der Waals surface area contributed by atoms with Gasteiger partial charge in [0, 0.05) is 0 Å². The van der Waals surface area contributed by atoms with Crippen LogP contribution in [0.5, 0.6) is 0 Å². The van der Waals surface area contributed by atoms with Gasteiger partial charge in [0.2, 0.25) is 0 Å². The third kappa shape index (κ3) is 0.733. The van der Waals surface area contributed by atoms with E-state index < -0.39 is 0 Å². The van der Waals surface area contributed by atoms with Crippen molar-refractivity contribution < 1.29 is 0 Å². The van der Waals surface area contributed by atoms with Crippen molar-refractivity contribution in [1.82, 2.24) is 0 Å². The maximum absolute atomic E-state index is 2.85.